The van der Waals surface area contributed by atoms with Gasteiger partial charge in [0.15, 0.2) is 10.7 Å². The van der Waals surface area contributed by atoms with E-state index in [1.165, 1.54) is 11.3 Å². The fourth-order valence-electron chi connectivity index (χ4n) is 3.26. The lowest BCUT2D eigenvalue weighted by molar-refractivity contribution is -0.0476. The van der Waals surface area contributed by atoms with Crippen molar-refractivity contribution < 1.29 is 9.63 Å². The van der Waals surface area contributed by atoms with Crippen LogP contribution in [0.25, 0.3) is 0 Å². The smallest absolute Gasteiger partial charge is 0.294 e. The number of rotatable bonds is 6. The number of hydrogen-bond acceptors (Lipinski definition) is 5. The van der Waals surface area contributed by atoms with Gasteiger partial charge in [0.1, 0.15) is 5.69 Å². The second-order valence-electron chi connectivity index (χ2n) is 6.38. The number of hydroxylamine groups is 1. The van der Waals surface area contributed by atoms with Gasteiger partial charge in [-0.05, 0) is 16.7 Å². The minimum atomic E-state index is -1.04. The third-order valence-corrected chi connectivity index (χ3v) is 5.27. The number of carbonyl (C=O) groups excluding carboxylic acids is 1. The summed E-state index contributed by atoms with van der Waals surface area (Å²) in [6.07, 6.45) is 0. The van der Waals surface area contributed by atoms with E-state index in [1.807, 2.05) is 91.0 Å². The molecule has 0 fully saturated rings. The van der Waals surface area contributed by atoms with Gasteiger partial charge < -0.3 is 5.73 Å². The van der Waals surface area contributed by atoms with Gasteiger partial charge in [0.2, 0.25) is 0 Å². The zero-order valence-corrected chi connectivity index (χ0v) is 16.3. The number of nitrogens with one attached hydrogen (secondary N) is 1. The average Bonchev–Trinajstić information content (AvgIpc) is 3.23. The summed E-state index contributed by atoms with van der Waals surface area (Å²) < 4.78 is 0. The second-order valence-corrected chi connectivity index (χ2v) is 7.27. The van der Waals surface area contributed by atoms with E-state index in [1.54, 1.807) is 5.38 Å². The van der Waals surface area contributed by atoms with E-state index in [2.05, 4.69) is 10.5 Å². The summed E-state index contributed by atoms with van der Waals surface area (Å²) >= 11 is 1.21. The van der Waals surface area contributed by atoms with Crippen LogP contribution in [0.3, 0.4) is 0 Å². The largest absolute Gasteiger partial charge is 0.375 e. The van der Waals surface area contributed by atoms with Crippen LogP contribution in [0, 0.1) is 0 Å². The Balaban J connectivity index is 1.82. The molecule has 4 rings (SSSR count). The summed E-state index contributed by atoms with van der Waals surface area (Å²) in [4.78, 5) is 22.9. The van der Waals surface area contributed by atoms with Crippen LogP contribution < -0.4 is 11.2 Å². The van der Waals surface area contributed by atoms with Gasteiger partial charge in [0.05, 0.1) is 0 Å². The van der Waals surface area contributed by atoms with E-state index in [9.17, 15) is 4.79 Å². The highest BCUT2D eigenvalue weighted by atomic mass is 32.1. The number of hydrogen-bond donors (Lipinski definition) is 2. The second kappa shape index (κ2) is 8.26. The standard InChI is InChI=1S/C23H19N3O2S/c24-22-25-20(16-29-22)21(27)26-28-23(17-10-4-1-5-11-17,18-12-6-2-7-13-18)19-14-8-3-9-15-19/h1-16H,(H2,24,25)(H,26,27). The van der Waals surface area contributed by atoms with Crippen LogP contribution >= 0.6 is 11.3 Å². The lowest BCUT2D eigenvalue weighted by atomic mass is 9.80. The van der Waals surface area contributed by atoms with Crippen LogP contribution in [-0.2, 0) is 10.4 Å². The SMILES string of the molecule is Nc1nc(C(=O)NOC(c2ccccc2)(c2ccccc2)c2ccccc2)cs1. The van der Waals surface area contributed by atoms with E-state index >= 15 is 0 Å². The van der Waals surface area contributed by atoms with Crippen molar-refractivity contribution in [3.63, 3.8) is 0 Å². The number of anilines is 1. The number of aromatic nitrogens is 1. The molecule has 0 aliphatic rings. The zero-order chi connectivity index (χ0) is 20.1. The molecule has 6 heteroatoms. The Bertz CT molecular complexity index is 986. The van der Waals surface area contributed by atoms with Crippen molar-refractivity contribution in [3.8, 4) is 0 Å². The Morgan fingerprint density at radius 2 is 1.28 bits per heavy atom. The molecule has 0 saturated heterocycles. The summed E-state index contributed by atoms with van der Waals surface area (Å²) in [6.45, 7) is 0. The zero-order valence-electron chi connectivity index (χ0n) is 15.5. The molecule has 4 aromatic rings. The molecular weight excluding hydrogens is 382 g/mol. The topological polar surface area (TPSA) is 77.2 Å². The van der Waals surface area contributed by atoms with Crippen molar-refractivity contribution in [1.82, 2.24) is 10.5 Å². The van der Waals surface area contributed by atoms with Crippen LogP contribution in [0.15, 0.2) is 96.4 Å². The first-order valence-electron chi connectivity index (χ1n) is 9.06. The fraction of sp³-hybridized carbons (Fsp3) is 0.0435. The lowest BCUT2D eigenvalue weighted by Gasteiger charge is -2.34. The summed E-state index contributed by atoms with van der Waals surface area (Å²) in [5, 5.41) is 1.93. The molecule has 5 nitrogen and oxygen atoms in total. The van der Waals surface area contributed by atoms with Crippen molar-refractivity contribution in [1.29, 1.82) is 0 Å². The van der Waals surface area contributed by atoms with Crippen molar-refractivity contribution in [2.45, 2.75) is 5.60 Å². The lowest BCUT2D eigenvalue weighted by Crippen LogP contribution is -2.40. The number of thiazole rings is 1. The monoisotopic (exact) mass is 401 g/mol. The summed E-state index contributed by atoms with van der Waals surface area (Å²) in [5.41, 5.74) is 10.1. The highest BCUT2D eigenvalue weighted by Crippen LogP contribution is 2.39. The van der Waals surface area contributed by atoms with Gasteiger partial charge in [-0.1, -0.05) is 91.0 Å². The minimum Gasteiger partial charge on any atom is -0.375 e. The van der Waals surface area contributed by atoms with E-state index in [0.29, 0.717) is 5.13 Å². The first kappa shape index (κ1) is 18.9. The quantitative estimate of drug-likeness (QED) is 0.371. The summed E-state index contributed by atoms with van der Waals surface area (Å²) in [7, 11) is 0. The normalized spacial score (nSPS) is 11.2. The van der Waals surface area contributed by atoms with Crippen molar-refractivity contribution >= 4 is 22.4 Å². The summed E-state index contributed by atoms with van der Waals surface area (Å²) in [5.74, 6) is -0.454. The number of nitrogen functional groups attached to an aromatic ring is 1. The molecule has 0 aliphatic carbocycles. The molecule has 3 N–H and O–H groups in total. The van der Waals surface area contributed by atoms with E-state index < -0.39 is 11.5 Å². The van der Waals surface area contributed by atoms with Gasteiger partial charge in [-0.25, -0.2) is 10.5 Å². The minimum absolute atomic E-state index is 0.218. The molecule has 0 saturated carbocycles. The molecular formula is C23H19N3O2S. The van der Waals surface area contributed by atoms with Gasteiger partial charge in [-0.15, -0.1) is 11.3 Å². The van der Waals surface area contributed by atoms with Gasteiger partial charge in [0.25, 0.3) is 5.91 Å². The number of nitrogens with two attached hydrogens (primary N) is 1. The van der Waals surface area contributed by atoms with Gasteiger partial charge in [0, 0.05) is 5.38 Å². The van der Waals surface area contributed by atoms with Crippen LogP contribution in [0.5, 0.6) is 0 Å². The molecule has 1 amide bonds. The fourth-order valence-corrected chi connectivity index (χ4v) is 3.81. The Hall–Kier alpha value is -3.48. The molecule has 0 bridgehead atoms. The van der Waals surface area contributed by atoms with Crippen molar-refractivity contribution in [3.05, 3.63) is 119 Å². The highest BCUT2D eigenvalue weighted by molar-refractivity contribution is 7.13. The van der Waals surface area contributed by atoms with Crippen LogP contribution in [0.4, 0.5) is 5.13 Å². The number of benzene rings is 3. The predicted molar refractivity (Wildman–Crippen MR) is 114 cm³/mol. The highest BCUT2D eigenvalue weighted by Gasteiger charge is 2.39. The first-order valence-corrected chi connectivity index (χ1v) is 9.94. The molecule has 0 aliphatic heterocycles. The molecule has 0 atom stereocenters. The van der Waals surface area contributed by atoms with Crippen LogP contribution in [-0.4, -0.2) is 10.9 Å². The molecule has 3 aromatic carbocycles. The molecule has 144 valence electrons. The van der Waals surface area contributed by atoms with Crippen LogP contribution in [0.2, 0.25) is 0 Å². The Labute approximate surface area is 172 Å². The van der Waals surface area contributed by atoms with E-state index in [-0.39, 0.29) is 5.69 Å². The van der Waals surface area contributed by atoms with Gasteiger partial charge in [-0.2, -0.15) is 0 Å². The Kier molecular flexibility index (Phi) is 5.37. The molecule has 0 unspecified atom stereocenters. The first-order chi connectivity index (χ1) is 14.2. The molecule has 29 heavy (non-hydrogen) atoms. The van der Waals surface area contributed by atoms with Crippen molar-refractivity contribution in [2.24, 2.45) is 0 Å². The maximum Gasteiger partial charge on any atom is 0.294 e. The van der Waals surface area contributed by atoms with Crippen LogP contribution in [0.1, 0.15) is 27.2 Å². The average molecular weight is 401 g/mol. The van der Waals surface area contributed by atoms with Gasteiger partial charge >= 0.3 is 0 Å². The maximum atomic E-state index is 12.7. The van der Waals surface area contributed by atoms with E-state index in [0.717, 1.165) is 16.7 Å². The molecule has 0 radical (unpaired) electrons. The Morgan fingerprint density at radius 3 is 1.66 bits per heavy atom. The maximum absolute atomic E-state index is 12.7. The Morgan fingerprint density at radius 1 is 0.828 bits per heavy atom. The van der Waals surface area contributed by atoms with Gasteiger partial charge in [-0.3, -0.25) is 9.63 Å². The third-order valence-electron chi connectivity index (χ3n) is 4.59. The summed E-state index contributed by atoms with van der Waals surface area (Å²) in [6, 6.07) is 29.4. The number of carbonyl (C=O) groups is 1. The van der Waals surface area contributed by atoms with Crippen molar-refractivity contribution in [2.75, 3.05) is 5.73 Å². The molecule has 1 heterocycles. The number of nitrogens with zero attached hydrogens (tertiary/aromatic N) is 1. The molecule has 0 spiro atoms. The number of amides is 1. The van der Waals surface area contributed by atoms with E-state index in [4.69, 9.17) is 10.6 Å². The predicted octanol–water partition coefficient (Wildman–Crippen LogP) is 4.38. The molecule has 1 aromatic heterocycles. The third kappa shape index (κ3) is 3.76.